The second kappa shape index (κ2) is 4.35. The molecule has 1 aromatic heterocycles. The van der Waals surface area contributed by atoms with Crippen molar-refractivity contribution in [2.24, 2.45) is 0 Å². The Morgan fingerprint density at radius 3 is 2.09 bits per heavy atom. The summed E-state index contributed by atoms with van der Waals surface area (Å²) in [5.41, 5.74) is 4.03. The average Bonchev–Trinajstić information content (AvgIpc) is 3.24. The minimum atomic E-state index is 0.939. The van der Waals surface area contributed by atoms with Crippen molar-refractivity contribution >= 4 is 33.2 Å². The normalized spacial score (nSPS) is 13.5. The van der Waals surface area contributed by atoms with Crippen LogP contribution in [0.4, 0.5) is 0 Å². The maximum absolute atomic E-state index is 5.60. The molecule has 0 saturated carbocycles. The van der Waals surface area contributed by atoms with Crippen LogP contribution in [0, 0.1) is 0 Å². The largest absolute Gasteiger partial charge is 0.465 e. The highest BCUT2D eigenvalue weighted by Crippen LogP contribution is 2.41. The van der Waals surface area contributed by atoms with E-state index in [1.54, 1.807) is 6.26 Å². The fourth-order valence-corrected chi connectivity index (χ4v) is 3.63. The third-order valence-electron chi connectivity index (χ3n) is 4.61. The molecule has 1 heterocycles. The zero-order valence-corrected chi connectivity index (χ0v) is 12.0. The standard InChI is InChI=1S/C21H14O/c1-3-8-17-15(6-1)16-7-2-4-9-18(16)20-13-14(12-19(17)20)21-10-5-11-22-21/h1-12H,13H2. The van der Waals surface area contributed by atoms with Crippen molar-refractivity contribution in [3.63, 3.8) is 0 Å². The van der Waals surface area contributed by atoms with Crippen molar-refractivity contribution in [1.82, 2.24) is 0 Å². The molecule has 0 bridgehead atoms. The number of rotatable bonds is 1. The Hall–Kier alpha value is -2.80. The van der Waals surface area contributed by atoms with Gasteiger partial charge in [-0.15, -0.1) is 0 Å². The predicted molar refractivity (Wildman–Crippen MR) is 91.7 cm³/mol. The Morgan fingerprint density at radius 1 is 0.682 bits per heavy atom. The van der Waals surface area contributed by atoms with E-state index in [1.165, 1.54) is 38.2 Å². The lowest BCUT2D eigenvalue weighted by Gasteiger charge is -2.11. The maximum Gasteiger partial charge on any atom is 0.130 e. The van der Waals surface area contributed by atoms with E-state index < -0.39 is 0 Å². The smallest absolute Gasteiger partial charge is 0.130 e. The molecule has 4 aromatic rings. The molecule has 5 rings (SSSR count). The minimum Gasteiger partial charge on any atom is -0.465 e. The van der Waals surface area contributed by atoms with Crippen LogP contribution < -0.4 is 0 Å². The van der Waals surface area contributed by atoms with Crippen LogP contribution in [0.3, 0.4) is 0 Å². The van der Waals surface area contributed by atoms with Crippen molar-refractivity contribution in [3.05, 3.63) is 83.8 Å². The van der Waals surface area contributed by atoms with Gasteiger partial charge in [0.25, 0.3) is 0 Å². The van der Waals surface area contributed by atoms with Gasteiger partial charge in [-0.05, 0) is 56.5 Å². The SMILES string of the molecule is C1=C(c2ccco2)Cc2c1c1ccccc1c1ccccc21. The van der Waals surface area contributed by atoms with Crippen molar-refractivity contribution in [2.75, 3.05) is 0 Å². The van der Waals surface area contributed by atoms with E-state index in [4.69, 9.17) is 4.42 Å². The van der Waals surface area contributed by atoms with Gasteiger partial charge in [0.2, 0.25) is 0 Å². The highest BCUT2D eigenvalue weighted by atomic mass is 16.3. The highest BCUT2D eigenvalue weighted by molar-refractivity contribution is 6.15. The molecule has 1 aliphatic carbocycles. The van der Waals surface area contributed by atoms with Crippen molar-refractivity contribution in [3.8, 4) is 0 Å². The first-order valence-electron chi connectivity index (χ1n) is 7.58. The molecule has 0 amide bonds. The Kier molecular flexibility index (Phi) is 2.33. The van der Waals surface area contributed by atoms with E-state index in [1.807, 2.05) is 12.1 Å². The van der Waals surface area contributed by atoms with Crippen LogP contribution in [-0.2, 0) is 6.42 Å². The quantitative estimate of drug-likeness (QED) is 0.409. The molecule has 1 nitrogen and oxygen atoms in total. The summed E-state index contributed by atoms with van der Waals surface area (Å²) in [5.74, 6) is 0.976. The third-order valence-corrected chi connectivity index (χ3v) is 4.61. The molecule has 0 fully saturated rings. The van der Waals surface area contributed by atoms with E-state index in [9.17, 15) is 0 Å². The van der Waals surface area contributed by atoms with Crippen LogP contribution in [0.25, 0.3) is 33.2 Å². The maximum atomic E-state index is 5.60. The van der Waals surface area contributed by atoms with Gasteiger partial charge in [-0.2, -0.15) is 0 Å². The first kappa shape index (κ1) is 11.8. The number of allylic oxidation sites excluding steroid dienone is 1. The van der Waals surface area contributed by atoms with E-state index in [2.05, 4.69) is 54.6 Å². The number of furan rings is 1. The van der Waals surface area contributed by atoms with Gasteiger partial charge in [-0.25, -0.2) is 0 Å². The van der Waals surface area contributed by atoms with E-state index >= 15 is 0 Å². The van der Waals surface area contributed by atoms with Gasteiger partial charge < -0.3 is 4.42 Å². The third kappa shape index (κ3) is 1.54. The molecule has 0 N–H and O–H groups in total. The van der Waals surface area contributed by atoms with Gasteiger partial charge in [0.1, 0.15) is 5.76 Å². The number of fused-ring (bicyclic) bond motifs is 6. The van der Waals surface area contributed by atoms with E-state index in [0.29, 0.717) is 0 Å². The van der Waals surface area contributed by atoms with Gasteiger partial charge in [0, 0.05) is 6.42 Å². The summed E-state index contributed by atoms with van der Waals surface area (Å²) in [6.07, 6.45) is 4.98. The molecule has 0 radical (unpaired) electrons. The first-order valence-corrected chi connectivity index (χ1v) is 7.58. The molecule has 3 aromatic carbocycles. The highest BCUT2D eigenvalue weighted by Gasteiger charge is 2.21. The molecule has 0 spiro atoms. The molecule has 0 unspecified atom stereocenters. The Balaban J connectivity index is 1.89. The van der Waals surface area contributed by atoms with Crippen LogP contribution in [0.2, 0.25) is 0 Å². The first-order chi connectivity index (χ1) is 10.9. The fourth-order valence-electron chi connectivity index (χ4n) is 3.63. The Labute approximate surface area is 128 Å². The van der Waals surface area contributed by atoms with Crippen LogP contribution in [-0.4, -0.2) is 0 Å². The number of hydrogen-bond donors (Lipinski definition) is 0. The lowest BCUT2D eigenvalue weighted by Crippen LogP contribution is -1.89. The van der Waals surface area contributed by atoms with Gasteiger partial charge in [-0.3, -0.25) is 0 Å². The van der Waals surface area contributed by atoms with Crippen molar-refractivity contribution < 1.29 is 4.42 Å². The number of benzene rings is 3. The summed E-state index contributed by atoms with van der Waals surface area (Å²) in [5, 5.41) is 5.35. The van der Waals surface area contributed by atoms with Crippen LogP contribution in [0.1, 0.15) is 16.9 Å². The summed E-state index contributed by atoms with van der Waals surface area (Å²) in [4.78, 5) is 0. The molecular formula is C21H14O. The summed E-state index contributed by atoms with van der Waals surface area (Å²) in [7, 11) is 0. The summed E-state index contributed by atoms with van der Waals surface area (Å²) in [6, 6.07) is 21.4. The second-order valence-electron chi connectivity index (χ2n) is 5.81. The average molecular weight is 282 g/mol. The minimum absolute atomic E-state index is 0.939. The zero-order valence-electron chi connectivity index (χ0n) is 12.0. The lowest BCUT2D eigenvalue weighted by molar-refractivity contribution is 0.552. The predicted octanol–water partition coefficient (Wildman–Crippen LogP) is 5.68. The van der Waals surface area contributed by atoms with Gasteiger partial charge in [0.05, 0.1) is 6.26 Å². The molecule has 22 heavy (non-hydrogen) atoms. The molecule has 0 saturated heterocycles. The summed E-state index contributed by atoms with van der Waals surface area (Å²) >= 11 is 0. The van der Waals surface area contributed by atoms with Gasteiger partial charge in [-0.1, -0.05) is 48.5 Å². The number of hydrogen-bond acceptors (Lipinski definition) is 1. The van der Waals surface area contributed by atoms with E-state index in [-0.39, 0.29) is 0 Å². The van der Waals surface area contributed by atoms with Crippen molar-refractivity contribution in [1.29, 1.82) is 0 Å². The molecule has 104 valence electrons. The summed E-state index contributed by atoms with van der Waals surface area (Å²) < 4.78 is 5.60. The van der Waals surface area contributed by atoms with Gasteiger partial charge in [0.15, 0.2) is 0 Å². The molecular weight excluding hydrogens is 268 g/mol. The topological polar surface area (TPSA) is 13.1 Å². The summed E-state index contributed by atoms with van der Waals surface area (Å²) in [6.45, 7) is 0. The van der Waals surface area contributed by atoms with E-state index in [0.717, 1.165) is 12.2 Å². The molecule has 1 heteroatoms. The fraction of sp³-hybridized carbons (Fsp3) is 0.0476. The Morgan fingerprint density at radius 2 is 1.36 bits per heavy atom. The molecule has 0 aliphatic heterocycles. The van der Waals surface area contributed by atoms with Crippen molar-refractivity contribution in [2.45, 2.75) is 6.42 Å². The molecule has 0 atom stereocenters. The zero-order chi connectivity index (χ0) is 14.5. The van der Waals surface area contributed by atoms with Crippen LogP contribution in [0.15, 0.2) is 71.3 Å². The second-order valence-corrected chi connectivity index (χ2v) is 5.81. The lowest BCUT2D eigenvalue weighted by atomic mass is 9.93. The van der Waals surface area contributed by atoms with Crippen LogP contribution in [0.5, 0.6) is 0 Å². The van der Waals surface area contributed by atoms with Crippen LogP contribution >= 0.6 is 0 Å². The van der Waals surface area contributed by atoms with Gasteiger partial charge >= 0.3 is 0 Å². The Bertz CT molecular complexity index is 1040. The monoisotopic (exact) mass is 282 g/mol. The molecule has 1 aliphatic rings.